The second-order valence-electron chi connectivity index (χ2n) is 8.49. The molecular weight excluding hydrogens is 364 g/mol. The molecular formula is C25H24O4. The van der Waals surface area contributed by atoms with Gasteiger partial charge in [0.05, 0.1) is 5.41 Å². The maximum Gasteiger partial charge on any atom is 0.312 e. The Kier molecular flexibility index (Phi) is 4.65. The summed E-state index contributed by atoms with van der Waals surface area (Å²) < 4.78 is 11.2. The van der Waals surface area contributed by atoms with Crippen LogP contribution < -0.4 is 0 Å². The molecule has 1 atom stereocenters. The van der Waals surface area contributed by atoms with Crippen molar-refractivity contribution in [1.29, 1.82) is 0 Å². The van der Waals surface area contributed by atoms with E-state index in [1.807, 2.05) is 57.2 Å². The van der Waals surface area contributed by atoms with Crippen molar-refractivity contribution in [1.82, 2.24) is 0 Å². The van der Waals surface area contributed by atoms with E-state index in [-0.39, 0.29) is 18.5 Å². The molecule has 1 unspecified atom stereocenters. The molecule has 1 aliphatic carbocycles. The van der Waals surface area contributed by atoms with Crippen LogP contribution in [0.25, 0.3) is 21.9 Å². The number of carbonyl (C=O) groups excluding carboxylic acids is 2. The van der Waals surface area contributed by atoms with Gasteiger partial charge in [-0.1, -0.05) is 48.5 Å². The summed E-state index contributed by atoms with van der Waals surface area (Å²) in [4.78, 5) is 23.9. The SMILES string of the molecule is CC(=O)OCc1ccc2c(c1)-c1cccc3cccc(c13)C2OC(=O)C(C)(C)C. The van der Waals surface area contributed by atoms with Gasteiger partial charge in [0.15, 0.2) is 6.10 Å². The molecule has 0 heterocycles. The highest BCUT2D eigenvalue weighted by Gasteiger charge is 2.33. The third-order valence-electron chi connectivity index (χ3n) is 5.19. The standard InChI is InChI=1S/C25H24O4/c1-15(26)28-14-16-11-12-19-21(13-16)18-9-5-7-17-8-6-10-20(22(17)18)23(19)29-24(27)25(2,3)4/h5-13,23H,14H2,1-4H3. The Bertz CT molecular complexity index is 1120. The van der Waals surface area contributed by atoms with Gasteiger partial charge in [-0.25, -0.2) is 0 Å². The Labute approximate surface area is 170 Å². The number of hydrogen-bond donors (Lipinski definition) is 0. The fourth-order valence-corrected chi connectivity index (χ4v) is 3.73. The molecule has 0 amide bonds. The van der Waals surface area contributed by atoms with Crippen LogP contribution in [0.4, 0.5) is 0 Å². The van der Waals surface area contributed by atoms with E-state index in [1.165, 1.54) is 6.92 Å². The van der Waals surface area contributed by atoms with Crippen molar-refractivity contribution in [3.05, 3.63) is 71.3 Å². The van der Waals surface area contributed by atoms with Gasteiger partial charge in [0.1, 0.15) is 6.61 Å². The first kappa shape index (κ1) is 19.2. The molecule has 0 aliphatic heterocycles. The van der Waals surface area contributed by atoms with Crippen LogP contribution in [-0.4, -0.2) is 11.9 Å². The van der Waals surface area contributed by atoms with Gasteiger partial charge < -0.3 is 9.47 Å². The molecule has 0 spiro atoms. The number of benzene rings is 3. The topological polar surface area (TPSA) is 52.6 Å². The van der Waals surface area contributed by atoms with Crippen LogP contribution >= 0.6 is 0 Å². The van der Waals surface area contributed by atoms with E-state index in [2.05, 4.69) is 18.2 Å². The highest BCUT2D eigenvalue weighted by Crippen LogP contribution is 2.46. The van der Waals surface area contributed by atoms with Crippen molar-refractivity contribution in [3.63, 3.8) is 0 Å². The minimum Gasteiger partial charge on any atom is -0.461 e. The quantitative estimate of drug-likeness (QED) is 0.551. The molecule has 4 nitrogen and oxygen atoms in total. The van der Waals surface area contributed by atoms with E-state index in [9.17, 15) is 9.59 Å². The summed E-state index contributed by atoms with van der Waals surface area (Å²) in [6.45, 7) is 7.19. The first-order chi connectivity index (χ1) is 13.8. The molecule has 0 bridgehead atoms. The highest BCUT2D eigenvalue weighted by atomic mass is 16.5. The third kappa shape index (κ3) is 3.51. The lowest BCUT2D eigenvalue weighted by Crippen LogP contribution is -2.26. The van der Waals surface area contributed by atoms with E-state index < -0.39 is 11.5 Å². The molecule has 3 aromatic carbocycles. The van der Waals surface area contributed by atoms with Crippen molar-refractivity contribution < 1.29 is 19.1 Å². The first-order valence-electron chi connectivity index (χ1n) is 9.75. The lowest BCUT2D eigenvalue weighted by Gasteiger charge is -2.31. The molecule has 0 saturated heterocycles. The molecule has 0 N–H and O–H groups in total. The third-order valence-corrected chi connectivity index (χ3v) is 5.19. The average molecular weight is 388 g/mol. The molecule has 148 valence electrons. The second-order valence-corrected chi connectivity index (χ2v) is 8.49. The maximum atomic E-state index is 12.7. The monoisotopic (exact) mass is 388 g/mol. The summed E-state index contributed by atoms with van der Waals surface area (Å²) in [6, 6.07) is 18.2. The van der Waals surface area contributed by atoms with Crippen LogP contribution in [0, 0.1) is 5.41 Å². The Balaban J connectivity index is 1.89. The summed E-state index contributed by atoms with van der Waals surface area (Å²) >= 11 is 0. The molecule has 0 aromatic heterocycles. The largest absolute Gasteiger partial charge is 0.461 e. The number of esters is 2. The smallest absolute Gasteiger partial charge is 0.312 e. The van der Waals surface area contributed by atoms with Gasteiger partial charge in [-0.2, -0.15) is 0 Å². The maximum absolute atomic E-state index is 12.7. The van der Waals surface area contributed by atoms with Gasteiger partial charge in [-0.3, -0.25) is 9.59 Å². The van der Waals surface area contributed by atoms with Crippen LogP contribution in [0.1, 0.15) is 50.5 Å². The van der Waals surface area contributed by atoms with Crippen molar-refractivity contribution in [2.24, 2.45) is 5.41 Å². The molecule has 0 radical (unpaired) electrons. The van der Waals surface area contributed by atoms with Crippen LogP contribution in [0.5, 0.6) is 0 Å². The first-order valence-corrected chi connectivity index (χ1v) is 9.75. The van der Waals surface area contributed by atoms with Gasteiger partial charge in [0.25, 0.3) is 0 Å². The van der Waals surface area contributed by atoms with Crippen LogP contribution in [0.15, 0.2) is 54.6 Å². The van der Waals surface area contributed by atoms with Crippen molar-refractivity contribution in [2.75, 3.05) is 0 Å². The molecule has 3 aromatic rings. The predicted octanol–water partition coefficient (Wildman–Crippen LogP) is 5.56. The molecule has 4 heteroatoms. The summed E-state index contributed by atoms with van der Waals surface area (Å²) in [5.74, 6) is -0.555. The molecule has 0 saturated carbocycles. The van der Waals surface area contributed by atoms with Gasteiger partial charge in [0, 0.05) is 18.1 Å². The summed E-state index contributed by atoms with van der Waals surface area (Å²) in [5.41, 5.74) is 4.35. The molecule has 29 heavy (non-hydrogen) atoms. The number of fused-ring (bicyclic) bond motifs is 2. The van der Waals surface area contributed by atoms with Crippen LogP contribution in [-0.2, 0) is 25.7 Å². The molecule has 4 rings (SSSR count). The minimum absolute atomic E-state index is 0.215. The molecule has 0 fully saturated rings. The lowest BCUT2D eigenvalue weighted by atomic mass is 9.81. The number of carbonyl (C=O) groups is 2. The van der Waals surface area contributed by atoms with Gasteiger partial charge >= 0.3 is 11.9 Å². The van der Waals surface area contributed by atoms with Crippen LogP contribution in [0.2, 0.25) is 0 Å². The zero-order valence-electron chi connectivity index (χ0n) is 17.1. The second kappa shape index (κ2) is 7.03. The van der Waals surface area contributed by atoms with Gasteiger partial charge in [-0.05, 0) is 54.3 Å². The minimum atomic E-state index is -0.597. The normalized spacial score (nSPS) is 15.0. The zero-order valence-corrected chi connectivity index (χ0v) is 17.1. The zero-order chi connectivity index (χ0) is 20.8. The van der Waals surface area contributed by atoms with Crippen LogP contribution in [0.3, 0.4) is 0 Å². The Morgan fingerprint density at radius 1 is 0.931 bits per heavy atom. The van der Waals surface area contributed by atoms with E-state index >= 15 is 0 Å². The van der Waals surface area contributed by atoms with Crippen molar-refractivity contribution >= 4 is 22.7 Å². The summed E-state index contributed by atoms with van der Waals surface area (Å²) in [7, 11) is 0. The molecule has 1 aliphatic rings. The Morgan fingerprint density at radius 3 is 2.34 bits per heavy atom. The Morgan fingerprint density at radius 2 is 1.66 bits per heavy atom. The van der Waals surface area contributed by atoms with E-state index in [1.54, 1.807) is 0 Å². The number of hydrogen-bond acceptors (Lipinski definition) is 4. The van der Waals surface area contributed by atoms with Crippen molar-refractivity contribution in [3.8, 4) is 11.1 Å². The summed E-state index contributed by atoms with van der Waals surface area (Å²) in [5, 5.41) is 2.20. The fraction of sp³-hybridized carbons (Fsp3) is 0.280. The number of rotatable bonds is 3. The summed E-state index contributed by atoms with van der Waals surface area (Å²) in [6.07, 6.45) is -0.474. The van der Waals surface area contributed by atoms with E-state index in [0.717, 1.165) is 38.6 Å². The van der Waals surface area contributed by atoms with Gasteiger partial charge in [-0.15, -0.1) is 0 Å². The Hall–Kier alpha value is -3.14. The van der Waals surface area contributed by atoms with E-state index in [0.29, 0.717) is 0 Å². The van der Waals surface area contributed by atoms with Crippen molar-refractivity contribution in [2.45, 2.75) is 40.4 Å². The highest BCUT2D eigenvalue weighted by molar-refractivity contribution is 6.02. The number of ether oxygens (including phenoxy) is 2. The predicted molar refractivity (Wildman–Crippen MR) is 112 cm³/mol. The fourth-order valence-electron chi connectivity index (χ4n) is 3.73. The van der Waals surface area contributed by atoms with Gasteiger partial charge in [0.2, 0.25) is 0 Å². The van der Waals surface area contributed by atoms with E-state index in [4.69, 9.17) is 9.47 Å². The average Bonchev–Trinajstić information content (AvgIpc) is 2.68. The lowest BCUT2D eigenvalue weighted by molar-refractivity contribution is -0.157.